The van der Waals surface area contributed by atoms with Crippen LogP contribution in [0.5, 0.6) is 0 Å². The second-order valence-corrected chi connectivity index (χ2v) is 7.37. The van der Waals surface area contributed by atoms with Gasteiger partial charge in [-0.2, -0.15) is 4.98 Å². The van der Waals surface area contributed by atoms with Gasteiger partial charge in [0.2, 0.25) is 5.89 Å². The summed E-state index contributed by atoms with van der Waals surface area (Å²) in [5.74, 6) is 2.35. The minimum absolute atomic E-state index is 0.0149. The molecule has 1 fully saturated rings. The maximum absolute atomic E-state index is 12.7. The van der Waals surface area contributed by atoms with Gasteiger partial charge in [-0.05, 0) is 30.9 Å². The van der Waals surface area contributed by atoms with Gasteiger partial charge in [-0.25, -0.2) is 0 Å². The van der Waals surface area contributed by atoms with Crippen LogP contribution < -0.4 is 5.32 Å². The molecule has 1 heterocycles. The molecule has 6 heteroatoms. The molecular weight excluding hydrogens is 322 g/mol. The molecule has 5 nitrogen and oxygen atoms in total. The smallest absolute Gasteiger partial charge is 0.252 e. The first-order valence-corrected chi connectivity index (χ1v) is 9.44. The normalized spacial score (nSPS) is 20.8. The first kappa shape index (κ1) is 17.0. The van der Waals surface area contributed by atoms with Gasteiger partial charge in [-0.1, -0.05) is 37.1 Å². The fourth-order valence-corrected chi connectivity index (χ4v) is 3.99. The van der Waals surface area contributed by atoms with Crippen LogP contribution in [0, 0.1) is 12.8 Å². The van der Waals surface area contributed by atoms with Gasteiger partial charge in [-0.3, -0.25) is 4.79 Å². The van der Waals surface area contributed by atoms with Crippen molar-refractivity contribution >= 4 is 17.7 Å². The molecule has 1 amide bonds. The molecule has 1 aromatic heterocycles. The fourth-order valence-electron chi connectivity index (χ4n) is 3.10. The highest BCUT2D eigenvalue weighted by Gasteiger charge is 2.24. The SMILES string of the molecule is Cc1nc(CSc2ccccc2C(=O)NC2CCCCC2C)no1. The highest BCUT2D eigenvalue weighted by molar-refractivity contribution is 7.98. The number of thioether (sulfide) groups is 1. The van der Waals surface area contributed by atoms with Crippen LogP contribution in [-0.4, -0.2) is 22.1 Å². The molecule has 24 heavy (non-hydrogen) atoms. The van der Waals surface area contributed by atoms with Crippen LogP contribution in [0.25, 0.3) is 0 Å². The van der Waals surface area contributed by atoms with E-state index in [9.17, 15) is 4.79 Å². The number of amides is 1. The minimum Gasteiger partial charge on any atom is -0.349 e. The molecule has 0 aliphatic heterocycles. The monoisotopic (exact) mass is 345 g/mol. The molecule has 2 unspecified atom stereocenters. The first-order valence-electron chi connectivity index (χ1n) is 8.45. The molecule has 2 aromatic rings. The number of carbonyl (C=O) groups is 1. The van der Waals surface area contributed by atoms with Gasteiger partial charge < -0.3 is 9.84 Å². The Morgan fingerprint density at radius 2 is 2.12 bits per heavy atom. The number of hydrogen-bond donors (Lipinski definition) is 1. The van der Waals surface area contributed by atoms with E-state index in [1.807, 2.05) is 24.3 Å². The number of benzene rings is 1. The largest absolute Gasteiger partial charge is 0.349 e. The van der Waals surface area contributed by atoms with E-state index in [4.69, 9.17) is 4.52 Å². The lowest BCUT2D eigenvalue weighted by Crippen LogP contribution is -2.41. The number of nitrogens with one attached hydrogen (secondary N) is 1. The highest BCUT2D eigenvalue weighted by atomic mass is 32.2. The minimum atomic E-state index is 0.0149. The molecule has 2 atom stereocenters. The van der Waals surface area contributed by atoms with E-state index in [-0.39, 0.29) is 11.9 Å². The second-order valence-electron chi connectivity index (χ2n) is 6.36. The Morgan fingerprint density at radius 1 is 1.33 bits per heavy atom. The van der Waals surface area contributed by atoms with Gasteiger partial charge >= 0.3 is 0 Å². The van der Waals surface area contributed by atoms with Gasteiger partial charge in [0, 0.05) is 17.9 Å². The quantitative estimate of drug-likeness (QED) is 0.830. The van der Waals surface area contributed by atoms with Crippen molar-refractivity contribution in [3.8, 4) is 0 Å². The summed E-state index contributed by atoms with van der Waals surface area (Å²) in [6.45, 7) is 4.00. The third kappa shape index (κ3) is 4.17. The summed E-state index contributed by atoms with van der Waals surface area (Å²) in [6.07, 6.45) is 4.73. The van der Waals surface area contributed by atoms with Crippen molar-refractivity contribution in [1.29, 1.82) is 0 Å². The van der Waals surface area contributed by atoms with Crippen LogP contribution in [-0.2, 0) is 5.75 Å². The molecule has 1 saturated carbocycles. The lowest BCUT2D eigenvalue weighted by molar-refractivity contribution is 0.0907. The van der Waals surface area contributed by atoms with Crippen molar-refractivity contribution in [2.45, 2.75) is 56.2 Å². The standard InChI is InChI=1S/C18H23N3O2S/c1-12-7-3-5-9-15(12)20-18(22)14-8-4-6-10-16(14)24-11-17-19-13(2)23-21-17/h4,6,8,10,12,15H,3,5,7,9,11H2,1-2H3,(H,20,22). The number of rotatable bonds is 5. The Hall–Kier alpha value is -1.82. The average Bonchev–Trinajstić information content (AvgIpc) is 3.01. The lowest BCUT2D eigenvalue weighted by atomic mass is 9.86. The Kier molecular flexibility index (Phi) is 5.56. The molecule has 0 saturated heterocycles. The van der Waals surface area contributed by atoms with Gasteiger partial charge in [0.05, 0.1) is 11.3 Å². The third-order valence-electron chi connectivity index (χ3n) is 4.49. The predicted octanol–water partition coefficient (Wildman–Crippen LogP) is 3.98. The molecule has 3 rings (SSSR count). The van der Waals surface area contributed by atoms with E-state index < -0.39 is 0 Å². The topological polar surface area (TPSA) is 68.0 Å². The number of carbonyl (C=O) groups excluding carboxylic acids is 1. The van der Waals surface area contributed by atoms with Gasteiger partial charge in [0.1, 0.15) is 0 Å². The van der Waals surface area contributed by atoms with Crippen LogP contribution in [0.15, 0.2) is 33.7 Å². The summed E-state index contributed by atoms with van der Waals surface area (Å²) in [4.78, 5) is 17.9. The fraction of sp³-hybridized carbons (Fsp3) is 0.500. The summed E-state index contributed by atoms with van der Waals surface area (Å²) >= 11 is 1.56. The average molecular weight is 345 g/mol. The van der Waals surface area contributed by atoms with E-state index in [0.717, 1.165) is 16.9 Å². The maximum Gasteiger partial charge on any atom is 0.252 e. The first-order chi connectivity index (χ1) is 11.6. The number of nitrogens with zero attached hydrogens (tertiary/aromatic N) is 2. The Labute approximate surface area is 146 Å². The van der Waals surface area contributed by atoms with Crippen molar-refractivity contribution < 1.29 is 9.32 Å². The Balaban J connectivity index is 1.67. The van der Waals surface area contributed by atoms with Gasteiger partial charge in [-0.15, -0.1) is 11.8 Å². The molecule has 0 radical (unpaired) electrons. The molecule has 1 N–H and O–H groups in total. The highest BCUT2D eigenvalue weighted by Crippen LogP contribution is 2.27. The summed E-state index contributed by atoms with van der Waals surface area (Å²) in [5, 5.41) is 7.13. The van der Waals surface area contributed by atoms with E-state index in [0.29, 0.717) is 23.4 Å². The Bertz CT molecular complexity index is 701. The van der Waals surface area contributed by atoms with E-state index in [1.165, 1.54) is 19.3 Å². The predicted molar refractivity (Wildman–Crippen MR) is 93.9 cm³/mol. The molecule has 0 bridgehead atoms. The van der Waals surface area contributed by atoms with Crippen LogP contribution in [0.4, 0.5) is 0 Å². The van der Waals surface area contributed by atoms with E-state index in [2.05, 4.69) is 22.4 Å². The summed E-state index contributed by atoms with van der Waals surface area (Å²) in [6, 6.07) is 7.99. The summed E-state index contributed by atoms with van der Waals surface area (Å²) in [5.41, 5.74) is 0.723. The second kappa shape index (κ2) is 7.83. The van der Waals surface area contributed by atoms with Crippen LogP contribution in [0.1, 0.15) is 54.7 Å². The zero-order valence-corrected chi connectivity index (χ0v) is 14.9. The van der Waals surface area contributed by atoms with Crippen LogP contribution >= 0.6 is 11.8 Å². The molecule has 1 aliphatic rings. The zero-order valence-electron chi connectivity index (χ0n) is 14.1. The summed E-state index contributed by atoms with van der Waals surface area (Å²) in [7, 11) is 0. The number of aromatic nitrogens is 2. The van der Waals surface area contributed by atoms with Crippen LogP contribution in [0.2, 0.25) is 0 Å². The molecule has 128 valence electrons. The van der Waals surface area contributed by atoms with Gasteiger partial charge in [0.25, 0.3) is 5.91 Å². The van der Waals surface area contributed by atoms with Crippen molar-refractivity contribution in [2.24, 2.45) is 5.92 Å². The third-order valence-corrected chi connectivity index (χ3v) is 5.56. The van der Waals surface area contributed by atoms with E-state index in [1.54, 1.807) is 18.7 Å². The van der Waals surface area contributed by atoms with Crippen molar-refractivity contribution in [3.63, 3.8) is 0 Å². The lowest BCUT2D eigenvalue weighted by Gasteiger charge is -2.29. The van der Waals surface area contributed by atoms with Crippen LogP contribution in [0.3, 0.4) is 0 Å². The molecular formula is C18H23N3O2S. The summed E-state index contributed by atoms with van der Waals surface area (Å²) < 4.78 is 4.99. The van der Waals surface area contributed by atoms with Crippen molar-refractivity contribution in [2.75, 3.05) is 0 Å². The number of aryl methyl sites for hydroxylation is 1. The van der Waals surface area contributed by atoms with Crippen molar-refractivity contribution in [1.82, 2.24) is 15.5 Å². The molecule has 1 aliphatic carbocycles. The van der Waals surface area contributed by atoms with Crippen molar-refractivity contribution in [3.05, 3.63) is 41.5 Å². The Morgan fingerprint density at radius 3 is 2.88 bits per heavy atom. The van der Waals surface area contributed by atoms with E-state index >= 15 is 0 Å². The molecule has 0 spiro atoms. The zero-order chi connectivity index (χ0) is 16.9. The maximum atomic E-state index is 12.7. The number of hydrogen-bond acceptors (Lipinski definition) is 5. The van der Waals surface area contributed by atoms with Gasteiger partial charge in [0.15, 0.2) is 5.82 Å². The molecule has 1 aromatic carbocycles.